The Balaban J connectivity index is 2.10. The first-order valence-electron chi connectivity index (χ1n) is 7.77. The molecule has 0 aliphatic rings. The molecule has 0 aliphatic carbocycles. The van der Waals surface area contributed by atoms with Gasteiger partial charge in [0.25, 0.3) is 0 Å². The Morgan fingerprint density at radius 1 is 1.12 bits per heavy atom. The zero-order valence-corrected chi connectivity index (χ0v) is 16.0. The summed E-state index contributed by atoms with van der Waals surface area (Å²) in [6.07, 6.45) is 1.17. The van der Waals surface area contributed by atoms with Crippen molar-refractivity contribution >= 4 is 38.9 Å². The molecule has 25 heavy (non-hydrogen) atoms. The standard InChI is InChI=1S/C18H21ClN2O3S/c1-13-7-8-17(11-14(13)2)21(25(3,23)24)10-9-18(22)20-16-6-4-5-15(19)12-16/h4-8,11-12H,9-10H2,1-3H3,(H,20,22). The van der Waals surface area contributed by atoms with Gasteiger partial charge in [0.1, 0.15) is 0 Å². The largest absolute Gasteiger partial charge is 0.326 e. The van der Waals surface area contributed by atoms with E-state index in [1.807, 2.05) is 26.0 Å². The second kappa shape index (κ2) is 7.89. The lowest BCUT2D eigenvalue weighted by Gasteiger charge is -2.23. The molecule has 0 heterocycles. The summed E-state index contributed by atoms with van der Waals surface area (Å²) in [4.78, 5) is 12.1. The number of nitrogens with zero attached hydrogens (tertiary/aromatic N) is 1. The molecule has 7 heteroatoms. The number of sulfonamides is 1. The van der Waals surface area contributed by atoms with Crippen molar-refractivity contribution in [2.45, 2.75) is 20.3 Å². The third kappa shape index (κ3) is 5.47. The van der Waals surface area contributed by atoms with Crippen LogP contribution >= 0.6 is 11.6 Å². The molecular formula is C18H21ClN2O3S. The Bertz CT molecular complexity index is 882. The summed E-state index contributed by atoms with van der Waals surface area (Å²) in [6.45, 7) is 3.95. The number of amides is 1. The van der Waals surface area contributed by atoms with Crippen LogP contribution in [-0.4, -0.2) is 27.1 Å². The molecule has 0 fully saturated rings. The van der Waals surface area contributed by atoms with Crippen molar-refractivity contribution in [1.82, 2.24) is 0 Å². The number of anilines is 2. The Morgan fingerprint density at radius 2 is 1.84 bits per heavy atom. The lowest BCUT2D eigenvalue weighted by molar-refractivity contribution is -0.116. The van der Waals surface area contributed by atoms with Crippen LogP contribution in [0.15, 0.2) is 42.5 Å². The first kappa shape index (κ1) is 19.3. The minimum atomic E-state index is -3.49. The summed E-state index contributed by atoms with van der Waals surface area (Å²) in [7, 11) is -3.49. The highest BCUT2D eigenvalue weighted by atomic mass is 35.5. The van der Waals surface area contributed by atoms with Gasteiger partial charge in [-0.3, -0.25) is 9.10 Å². The first-order chi connectivity index (χ1) is 11.7. The molecule has 1 amide bonds. The van der Waals surface area contributed by atoms with E-state index >= 15 is 0 Å². The van der Waals surface area contributed by atoms with Crippen LogP contribution in [0.1, 0.15) is 17.5 Å². The second-order valence-corrected chi connectivity index (χ2v) is 8.26. The normalized spacial score (nSPS) is 11.2. The number of carbonyl (C=O) groups is 1. The van der Waals surface area contributed by atoms with Gasteiger partial charge in [0.15, 0.2) is 0 Å². The van der Waals surface area contributed by atoms with E-state index in [-0.39, 0.29) is 18.9 Å². The SMILES string of the molecule is Cc1ccc(N(CCC(=O)Nc2cccc(Cl)c2)S(C)(=O)=O)cc1C. The lowest BCUT2D eigenvalue weighted by atomic mass is 10.1. The van der Waals surface area contributed by atoms with Crippen molar-refractivity contribution < 1.29 is 13.2 Å². The predicted molar refractivity (Wildman–Crippen MR) is 103 cm³/mol. The molecule has 0 radical (unpaired) electrons. The van der Waals surface area contributed by atoms with Gasteiger partial charge in [-0.1, -0.05) is 23.7 Å². The van der Waals surface area contributed by atoms with E-state index in [0.717, 1.165) is 17.4 Å². The van der Waals surface area contributed by atoms with Crippen molar-refractivity contribution in [2.75, 3.05) is 22.4 Å². The van der Waals surface area contributed by atoms with E-state index in [1.54, 1.807) is 30.3 Å². The van der Waals surface area contributed by atoms with Crippen molar-refractivity contribution in [3.05, 3.63) is 58.6 Å². The Morgan fingerprint density at radius 3 is 2.44 bits per heavy atom. The summed E-state index contributed by atoms with van der Waals surface area (Å²) in [5.41, 5.74) is 3.21. The molecule has 0 saturated carbocycles. The average Bonchev–Trinajstić information content (AvgIpc) is 2.49. The molecular weight excluding hydrogens is 360 g/mol. The fraction of sp³-hybridized carbons (Fsp3) is 0.278. The summed E-state index contributed by atoms with van der Waals surface area (Å²) >= 11 is 5.88. The van der Waals surface area contributed by atoms with Crippen LogP contribution in [0, 0.1) is 13.8 Å². The van der Waals surface area contributed by atoms with Gasteiger partial charge in [0.05, 0.1) is 11.9 Å². The van der Waals surface area contributed by atoms with Gasteiger partial charge < -0.3 is 5.32 Å². The third-order valence-corrected chi connectivity index (χ3v) is 5.26. The Hall–Kier alpha value is -2.05. The number of halogens is 1. The topological polar surface area (TPSA) is 66.5 Å². The number of aryl methyl sites for hydroxylation is 2. The molecule has 0 atom stereocenters. The van der Waals surface area contributed by atoms with E-state index < -0.39 is 10.0 Å². The zero-order chi connectivity index (χ0) is 18.6. The van der Waals surface area contributed by atoms with Gasteiger partial charge in [-0.15, -0.1) is 0 Å². The smallest absolute Gasteiger partial charge is 0.232 e. The molecule has 134 valence electrons. The zero-order valence-electron chi connectivity index (χ0n) is 14.4. The van der Waals surface area contributed by atoms with Crippen LogP contribution in [0.2, 0.25) is 5.02 Å². The second-order valence-electron chi connectivity index (χ2n) is 5.91. The molecule has 1 N–H and O–H groups in total. The first-order valence-corrected chi connectivity index (χ1v) is 10.00. The van der Waals surface area contributed by atoms with Gasteiger partial charge in [-0.2, -0.15) is 0 Å². The van der Waals surface area contributed by atoms with Gasteiger partial charge in [-0.05, 0) is 55.3 Å². The summed E-state index contributed by atoms with van der Waals surface area (Å²) in [6, 6.07) is 12.2. The maximum Gasteiger partial charge on any atom is 0.232 e. The third-order valence-electron chi connectivity index (χ3n) is 3.83. The van der Waals surface area contributed by atoms with Gasteiger partial charge >= 0.3 is 0 Å². The van der Waals surface area contributed by atoms with Crippen molar-refractivity contribution in [1.29, 1.82) is 0 Å². The fourth-order valence-corrected chi connectivity index (χ4v) is 3.47. The number of hydrogen-bond acceptors (Lipinski definition) is 3. The van der Waals surface area contributed by atoms with E-state index in [2.05, 4.69) is 5.32 Å². The number of nitrogens with one attached hydrogen (secondary N) is 1. The molecule has 0 aliphatic heterocycles. The number of carbonyl (C=O) groups excluding carboxylic acids is 1. The van der Waals surface area contributed by atoms with Crippen LogP contribution in [0.25, 0.3) is 0 Å². The maximum atomic E-state index is 12.1. The molecule has 0 spiro atoms. The molecule has 0 bridgehead atoms. The number of rotatable bonds is 6. The lowest BCUT2D eigenvalue weighted by Crippen LogP contribution is -2.33. The molecule has 0 saturated heterocycles. The van der Waals surface area contributed by atoms with Crippen molar-refractivity contribution in [3.8, 4) is 0 Å². The Kier molecular flexibility index (Phi) is 6.08. The van der Waals surface area contributed by atoms with Gasteiger partial charge in [0.2, 0.25) is 15.9 Å². The highest BCUT2D eigenvalue weighted by Crippen LogP contribution is 2.22. The predicted octanol–water partition coefficient (Wildman–Crippen LogP) is 3.75. The number of hydrogen-bond donors (Lipinski definition) is 1. The van der Waals surface area contributed by atoms with E-state index in [9.17, 15) is 13.2 Å². The minimum Gasteiger partial charge on any atom is -0.326 e. The Labute approximate surface area is 153 Å². The van der Waals surface area contributed by atoms with Crippen LogP contribution < -0.4 is 9.62 Å². The molecule has 2 aromatic rings. The molecule has 2 aromatic carbocycles. The van der Waals surface area contributed by atoms with Crippen molar-refractivity contribution in [3.63, 3.8) is 0 Å². The van der Waals surface area contributed by atoms with Gasteiger partial charge in [0, 0.05) is 23.7 Å². The number of benzene rings is 2. The molecule has 2 rings (SSSR count). The monoisotopic (exact) mass is 380 g/mol. The summed E-state index contributed by atoms with van der Waals surface area (Å²) < 4.78 is 25.5. The highest BCUT2D eigenvalue weighted by molar-refractivity contribution is 7.92. The maximum absolute atomic E-state index is 12.1. The fourth-order valence-electron chi connectivity index (χ4n) is 2.36. The summed E-state index contributed by atoms with van der Waals surface area (Å²) in [5.74, 6) is -0.278. The van der Waals surface area contributed by atoms with Crippen molar-refractivity contribution in [2.24, 2.45) is 0 Å². The molecule has 5 nitrogen and oxygen atoms in total. The van der Waals surface area contributed by atoms with Crippen LogP contribution in [0.4, 0.5) is 11.4 Å². The quantitative estimate of drug-likeness (QED) is 0.829. The summed E-state index contributed by atoms with van der Waals surface area (Å²) in [5, 5.41) is 3.24. The van der Waals surface area contributed by atoms with E-state index in [4.69, 9.17) is 11.6 Å². The van der Waals surface area contributed by atoms with Crippen LogP contribution in [0.5, 0.6) is 0 Å². The molecule has 0 aromatic heterocycles. The average molecular weight is 381 g/mol. The minimum absolute atomic E-state index is 0.0342. The van der Waals surface area contributed by atoms with Crippen LogP contribution in [0.3, 0.4) is 0 Å². The van der Waals surface area contributed by atoms with Crippen LogP contribution in [-0.2, 0) is 14.8 Å². The van der Waals surface area contributed by atoms with Gasteiger partial charge in [-0.25, -0.2) is 8.42 Å². The van der Waals surface area contributed by atoms with E-state index in [1.165, 1.54) is 4.31 Å². The molecule has 0 unspecified atom stereocenters. The highest BCUT2D eigenvalue weighted by Gasteiger charge is 2.19. The van der Waals surface area contributed by atoms with E-state index in [0.29, 0.717) is 16.4 Å².